The van der Waals surface area contributed by atoms with E-state index in [1.807, 2.05) is 18.2 Å². The first kappa shape index (κ1) is 13.4. The van der Waals surface area contributed by atoms with Gasteiger partial charge in [0.1, 0.15) is 5.75 Å². The van der Waals surface area contributed by atoms with Crippen LogP contribution in [0.1, 0.15) is 44.6 Å². The molecule has 0 heterocycles. The van der Waals surface area contributed by atoms with E-state index in [0.29, 0.717) is 11.8 Å². The topological polar surface area (TPSA) is 23.5 Å². The quantitative estimate of drug-likeness (QED) is 0.875. The third-order valence-electron chi connectivity index (χ3n) is 4.43. The molecule has 2 heteroatoms. The molecule has 0 saturated heterocycles. The lowest BCUT2D eigenvalue weighted by molar-refractivity contribution is 0.156. The molecule has 2 nitrogen and oxygen atoms in total. The minimum Gasteiger partial charge on any atom is -0.508 e. The van der Waals surface area contributed by atoms with E-state index >= 15 is 0 Å². The fourth-order valence-corrected chi connectivity index (χ4v) is 3.04. The number of nitrogens with zero attached hydrogens (tertiary/aromatic N) is 1. The molecule has 18 heavy (non-hydrogen) atoms. The second kappa shape index (κ2) is 6.24. The van der Waals surface area contributed by atoms with Crippen LogP contribution in [0.4, 0.5) is 0 Å². The third-order valence-corrected chi connectivity index (χ3v) is 4.43. The summed E-state index contributed by atoms with van der Waals surface area (Å²) in [7, 11) is 2.18. The zero-order valence-electron chi connectivity index (χ0n) is 11.6. The molecule has 2 rings (SSSR count). The van der Waals surface area contributed by atoms with Crippen LogP contribution in [0, 0.1) is 5.92 Å². The maximum atomic E-state index is 9.81. The van der Waals surface area contributed by atoms with Gasteiger partial charge in [0.25, 0.3) is 0 Å². The van der Waals surface area contributed by atoms with Crippen LogP contribution in [0.3, 0.4) is 0 Å². The van der Waals surface area contributed by atoms with Crippen LogP contribution >= 0.6 is 0 Å². The average Bonchev–Trinajstić information content (AvgIpc) is 2.41. The van der Waals surface area contributed by atoms with Crippen molar-refractivity contribution in [1.29, 1.82) is 0 Å². The highest BCUT2D eigenvalue weighted by Gasteiger charge is 2.23. The zero-order chi connectivity index (χ0) is 13.0. The number of phenolic OH excluding ortho intramolecular Hbond substituents is 1. The highest BCUT2D eigenvalue weighted by molar-refractivity contribution is 5.31. The molecule has 0 atom stereocenters. The third kappa shape index (κ3) is 3.26. The Bertz CT molecular complexity index is 369. The number of phenols is 1. The lowest BCUT2D eigenvalue weighted by Crippen LogP contribution is -2.34. The van der Waals surface area contributed by atoms with E-state index in [9.17, 15) is 5.11 Å². The van der Waals surface area contributed by atoms with Crippen LogP contribution < -0.4 is 0 Å². The minimum atomic E-state index is 0.423. The van der Waals surface area contributed by atoms with E-state index in [1.54, 1.807) is 6.07 Å². The maximum absolute atomic E-state index is 9.81. The summed E-state index contributed by atoms with van der Waals surface area (Å²) < 4.78 is 0. The largest absolute Gasteiger partial charge is 0.508 e. The zero-order valence-corrected chi connectivity index (χ0v) is 11.6. The van der Waals surface area contributed by atoms with Crippen molar-refractivity contribution in [3.05, 3.63) is 29.8 Å². The molecule has 0 bridgehead atoms. The Morgan fingerprint density at radius 2 is 1.83 bits per heavy atom. The molecule has 0 radical (unpaired) electrons. The summed E-state index contributed by atoms with van der Waals surface area (Å²) in [5.74, 6) is 1.37. The van der Waals surface area contributed by atoms with Gasteiger partial charge in [0.05, 0.1) is 0 Å². The first-order chi connectivity index (χ1) is 8.70. The van der Waals surface area contributed by atoms with Crippen LogP contribution in [0.2, 0.25) is 0 Å². The van der Waals surface area contributed by atoms with Gasteiger partial charge in [0, 0.05) is 18.2 Å². The summed E-state index contributed by atoms with van der Waals surface area (Å²) >= 11 is 0. The highest BCUT2D eigenvalue weighted by Crippen LogP contribution is 2.30. The Labute approximate surface area is 111 Å². The van der Waals surface area contributed by atoms with Crippen molar-refractivity contribution < 1.29 is 5.11 Å². The molecule has 1 aliphatic carbocycles. The molecule has 0 unspecified atom stereocenters. The molecule has 0 amide bonds. The molecule has 1 aromatic carbocycles. The van der Waals surface area contributed by atoms with Crippen molar-refractivity contribution in [2.45, 2.75) is 51.6 Å². The number of para-hydroxylation sites is 1. The van der Waals surface area contributed by atoms with Crippen molar-refractivity contribution >= 4 is 0 Å². The van der Waals surface area contributed by atoms with E-state index in [0.717, 1.165) is 18.0 Å². The molecule has 1 saturated carbocycles. The van der Waals surface area contributed by atoms with Gasteiger partial charge >= 0.3 is 0 Å². The summed E-state index contributed by atoms with van der Waals surface area (Å²) in [4.78, 5) is 2.40. The van der Waals surface area contributed by atoms with Gasteiger partial charge < -0.3 is 5.11 Å². The SMILES string of the molecule is CCC1CCC(N(C)Cc2ccccc2O)CC1. The number of rotatable bonds is 4. The summed E-state index contributed by atoms with van der Waals surface area (Å²) in [6, 6.07) is 8.36. The number of hydrogen-bond acceptors (Lipinski definition) is 2. The fraction of sp³-hybridized carbons (Fsp3) is 0.625. The Morgan fingerprint density at radius 3 is 2.44 bits per heavy atom. The summed E-state index contributed by atoms with van der Waals surface area (Å²) in [5.41, 5.74) is 1.04. The monoisotopic (exact) mass is 247 g/mol. The Morgan fingerprint density at radius 1 is 1.17 bits per heavy atom. The van der Waals surface area contributed by atoms with Crippen LogP contribution in [-0.4, -0.2) is 23.1 Å². The summed E-state index contributed by atoms with van der Waals surface area (Å²) in [6.07, 6.45) is 6.68. The van der Waals surface area contributed by atoms with Gasteiger partial charge in [-0.05, 0) is 44.7 Å². The number of benzene rings is 1. The Hall–Kier alpha value is -1.02. The van der Waals surface area contributed by atoms with E-state index in [4.69, 9.17) is 0 Å². The predicted octanol–water partition coefficient (Wildman–Crippen LogP) is 3.79. The smallest absolute Gasteiger partial charge is 0.120 e. The molecule has 1 aromatic rings. The lowest BCUT2D eigenvalue weighted by atomic mass is 9.84. The number of aromatic hydroxyl groups is 1. The second-order valence-electron chi connectivity index (χ2n) is 5.63. The minimum absolute atomic E-state index is 0.423. The normalized spacial score (nSPS) is 24.4. The van der Waals surface area contributed by atoms with E-state index in [-0.39, 0.29) is 0 Å². The van der Waals surface area contributed by atoms with Crippen LogP contribution in [0.25, 0.3) is 0 Å². The van der Waals surface area contributed by atoms with Gasteiger partial charge in [-0.3, -0.25) is 4.90 Å². The molecule has 1 N–H and O–H groups in total. The second-order valence-corrected chi connectivity index (χ2v) is 5.63. The highest BCUT2D eigenvalue weighted by atomic mass is 16.3. The van der Waals surface area contributed by atoms with Gasteiger partial charge in [-0.2, -0.15) is 0 Å². The van der Waals surface area contributed by atoms with Gasteiger partial charge in [0.2, 0.25) is 0 Å². The van der Waals surface area contributed by atoms with Crippen molar-refractivity contribution in [1.82, 2.24) is 4.90 Å². The van der Waals surface area contributed by atoms with E-state index < -0.39 is 0 Å². The van der Waals surface area contributed by atoms with Gasteiger partial charge in [-0.15, -0.1) is 0 Å². The molecular weight excluding hydrogens is 222 g/mol. The maximum Gasteiger partial charge on any atom is 0.120 e. The molecule has 1 aliphatic rings. The van der Waals surface area contributed by atoms with Crippen molar-refractivity contribution in [3.63, 3.8) is 0 Å². The van der Waals surface area contributed by atoms with Gasteiger partial charge in [-0.25, -0.2) is 0 Å². The lowest BCUT2D eigenvalue weighted by Gasteiger charge is -2.34. The molecule has 1 fully saturated rings. The molecule has 0 aliphatic heterocycles. The Balaban J connectivity index is 1.89. The van der Waals surface area contributed by atoms with E-state index in [2.05, 4.69) is 18.9 Å². The number of hydrogen-bond donors (Lipinski definition) is 1. The molecule has 0 spiro atoms. The molecule has 100 valence electrons. The fourth-order valence-electron chi connectivity index (χ4n) is 3.04. The van der Waals surface area contributed by atoms with Crippen molar-refractivity contribution in [2.24, 2.45) is 5.92 Å². The molecule has 0 aromatic heterocycles. The van der Waals surface area contributed by atoms with Crippen LogP contribution in [-0.2, 0) is 6.54 Å². The first-order valence-corrected chi connectivity index (χ1v) is 7.17. The van der Waals surface area contributed by atoms with Crippen molar-refractivity contribution in [2.75, 3.05) is 7.05 Å². The summed E-state index contributed by atoms with van der Waals surface area (Å²) in [6.45, 7) is 3.16. The van der Waals surface area contributed by atoms with Crippen LogP contribution in [0.15, 0.2) is 24.3 Å². The standard InChI is InChI=1S/C16H25NO/c1-3-13-8-10-15(11-9-13)17(2)12-14-6-4-5-7-16(14)18/h4-7,13,15,18H,3,8-12H2,1-2H3. The Kier molecular flexibility index (Phi) is 4.65. The first-order valence-electron chi connectivity index (χ1n) is 7.17. The van der Waals surface area contributed by atoms with Gasteiger partial charge in [0.15, 0.2) is 0 Å². The summed E-state index contributed by atoms with van der Waals surface area (Å²) in [5, 5.41) is 9.81. The average molecular weight is 247 g/mol. The molecular formula is C16H25NO. The van der Waals surface area contributed by atoms with Crippen molar-refractivity contribution in [3.8, 4) is 5.75 Å². The predicted molar refractivity (Wildman–Crippen MR) is 75.6 cm³/mol. The van der Waals surface area contributed by atoms with Crippen LogP contribution in [0.5, 0.6) is 5.75 Å². The van der Waals surface area contributed by atoms with E-state index in [1.165, 1.54) is 32.1 Å². The van der Waals surface area contributed by atoms with Gasteiger partial charge in [-0.1, -0.05) is 31.5 Å².